The molecule has 146 valence electrons. The molecule has 26 heavy (non-hydrogen) atoms. The Bertz CT molecular complexity index is 710. The van der Waals surface area contributed by atoms with Crippen LogP contribution in [0.1, 0.15) is 26.3 Å². The maximum absolute atomic E-state index is 14.3. The van der Waals surface area contributed by atoms with Crippen LogP contribution in [0, 0.1) is 11.5 Å². The highest BCUT2D eigenvalue weighted by Crippen LogP contribution is 2.40. The van der Waals surface area contributed by atoms with Crippen molar-refractivity contribution in [3.05, 3.63) is 29.8 Å². The molecular weight excluding hydrogens is 379 g/mol. The van der Waals surface area contributed by atoms with Crippen LogP contribution in [0.4, 0.5) is 13.2 Å². The molecule has 1 aromatic rings. The average Bonchev–Trinajstić information content (AvgIpc) is 2.48. The van der Waals surface area contributed by atoms with E-state index in [1.54, 1.807) is 20.8 Å². The second-order valence-corrected chi connectivity index (χ2v) is 14.7. The van der Waals surface area contributed by atoms with Gasteiger partial charge in [0.05, 0.1) is 22.8 Å². The number of hydrogen-bond donors (Lipinski definition) is 1. The lowest BCUT2D eigenvalue weighted by molar-refractivity contribution is -0.176. The van der Waals surface area contributed by atoms with Gasteiger partial charge in [-0.05, 0) is 38.5 Å². The summed E-state index contributed by atoms with van der Waals surface area (Å²) in [5, 5.41) is 0. The van der Waals surface area contributed by atoms with Crippen molar-refractivity contribution in [2.24, 2.45) is 0 Å². The SMILES string of the molecule is COc1ccc([C@](C#C[Si](C)(C)C)(NS(=O)C(C)(C)C)C(F)(F)F)cc1. The third-order valence-corrected chi connectivity index (χ3v) is 5.85. The van der Waals surface area contributed by atoms with Gasteiger partial charge in [0.25, 0.3) is 0 Å². The fraction of sp³-hybridized carbons (Fsp3) is 0.556. The standard InChI is InChI=1S/C18H26F3NO2SSi/c1-16(2,3)25(23)22-17(18(19,20)21,12-13-26(5,6)7)14-8-10-15(24-4)11-9-14/h8-11,22H,1-7H3/t17-,25?/m0/s1. The third kappa shape index (κ3) is 5.60. The monoisotopic (exact) mass is 405 g/mol. The van der Waals surface area contributed by atoms with Gasteiger partial charge in [-0.2, -0.15) is 13.2 Å². The normalized spacial score (nSPS) is 16.2. The van der Waals surface area contributed by atoms with Crippen molar-refractivity contribution in [1.29, 1.82) is 0 Å². The second-order valence-electron chi connectivity index (χ2n) is 7.96. The van der Waals surface area contributed by atoms with E-state index in [0.717, 1.165) is 0 Å². The van der Waals surface area contributed by atoms with E-state index in [-0.39, 0.29) is 5.56 Å². The van der Waals surface area contributed by atoms with Crippen molar-refractivity contribution in [2.75, 3.05) is 7.11 Å². The number of methoxy groups -OCH3 is 1. The van der Waals surface area contributed by atoms with Crippen LogP contribution in [0.2, 0.25) is 19.6 Å². The highest BCUT2D eigenvalue weighted by molar-refractivity contribution is 7.84. The van der Waals surface area contributed by atoms with Gasteiger partial charge in [0.2, 0.25) is 5.54 Å². The first-order valence-corrected chi connectivity index (χ1v) is 12.7. The number of halogens is 3. The molecule has 0 saturated carbocycles. The van der Waals surface area contributed by atoms with Gasteiger partial charge < -0.3 is 4.74 Å². The van der Waals surface area contributed by atoms with Crippen LogP contribution in [0.5, 0.6) is 5.75 Å². The molecule has 0 amide bonds. The fourth-order valence-electron chi connectivity index (χ4n) is 1.86. The van der Waals surface area contributed by atoms with Gasteiger partial charge in [0.15, 0.2) is 0 Å². The molecule has 3 nitrogen and oxygen atoms in total. The van der Waals surface area contributed by atoms with Gasteiger partial charge in [0.1, 0.15) is 13.8 Å². The summed E-state index contributed by atoms with van der Waals surface area (Å²) >= 11 is 0. The molecular formula is C18H26F3NO2SSi. The van der Waals surface area contributed by atoms with E-state index in [9.17, 15) is 17.4 Å². The van der Waals surface area contributed by atoms with Gasteiger partial charge >= 0.3 is 6.18 Å². The molecule has 2 atom stereocenters. The Hall–Kier alpha value is -1.30. The topological polar surface area (TPSA) is 38.3 Å². The molecule has 0 spiro atoms. The summed E-state index contributed by atoms with van der Waals surface area (Å²) in [6.07, 6.45) is -4.77. The maximum atomic E-state index is 14.3. The van der Waals surface area contributed by atoms with Crippen LogP contribution in [-0.4, -0.2) is 30.3 Å². The number of alkyl halides is 3. The molecule has 0 heterocycles. The van der Waals surface area contributed by atoms with Gasteiger partial charge in [-0.3, -0.25) is 0 Å². The first-order valence-electron chi connectivity index (χ1n) is 8.08. The van der Waals surface area contributed by atoms with Crippen LogP contribution in [-0.2, 0) is 16.5 Å². The highest BCUT2D eigenvalue weighted by Gasteiger charge is 2.57. The molecule has 0 fully saturated rings. The Morgan fingerprint density at radius 3 is 1.92 bits per heavy atom. The Labute approximate surface area is 157 Å². The van der Waals surface area contributed by atoms with Gasteiger partial charge in [-0.15, -0.1) is 5.54 Å². The lowest BCUT2D eigenvalue weighted by atomic mass is 9.91. The van der Waals surface area contributed by atoms with Crippen molar-refractivity contribution < 1.29 is 22.1 Å². The first kappa shape index (κ1) is 22.7. The zero-order valence-corrected chi connectivity index (χ0v) is 18.0. The summed E-state index contributed by atoms with van der Waals surface area (Å²) < 4.78 is 61.8. The number of hydrogen-bond acceptors (Lipinski definition) is 2. The molecule has 1 rings (SSSR count). The Morgan fingerprint density at radius 2 is 1.58 bits per heavy atom. The zero-order valence-electron chi connectivity index (χ0n) is 16.2. The average molecular weight is 406 g/mol. The summed E-state index contributed by atoms with van der Waals surface area (Å²) in [5.74, 6) is 2.84. The minimum absolute atomic E-state index is 0.117. The Morgan fingerprint density at radius 1 is 1.08 bits per heavy atom. The largest absolute Gasteiger partial charge is 0.497 e. The van der Waals surface area contributed by atoms with Crippen LogP contribution in [0.15, 0.2) is 24.3 Å². The third-order valence-electron chi connectivity index (χ3n) is 3.38. The van der Waals surface area contributed by atoms with Gasteiger partial charge in [0, 0.05) is 0 Å². The van der Waals surface area contributed by atoms with Gasteiger partial charge in [-0.1, -0.05) is 37.7 Å². The molecule has 0 saturated heterocycles. The zero-order chi connectivity index (χ0) is 20.4. The van der Waals surface area contributed by atoms with Crippen molar-refractivity contribution in [3.63, 3.8) is 0 Å². The molecule has 0 radical (unpaired) electrons. The van der Waals surface area contributed by atoms with Crippen LogP contribution >= 0.6 is 0 Å². The summed E-state index contributed by atoms with van der Waals surface area (Å²) in [6, 6.07) is 5.48. The van der Waals surface area contributed by atoms with E-state index < -0.39 is 35.5 Å². The molecule has 0 bridgehead atoms. The number of ether oxygens (including phenoxy) is 1. The van der Waals surface area contributed by atoms with Crippen LogP contribution in [0.25, 0.3) is 0 Å². The molecule has 0 aliphatic carbocycles. The van der Waals surface area contributed by atoms with E-state index in [1.165, 1.54) is 31.4 Å². The van der Waals surface area contributed by atoms with Crippen molar-refractivity contribution >= 4 is 19.1 Å². The lowest BCUT2D eigenvalue weighted by Crippen LogP contribution is -2.56. The summed E-state index contributed by atoms with van der Waals surface area (Å²) in [4.78, 5) is 0. The molecule has 8 heteroatoms. The Balaban J connectivity index is 3.67. The molecule has 0 aliphatic heterocycles. The molecule has 1 unspecified atom stereocenters. The quantitative estimate of drug-likeness (QED) is 0.596. The predicted molar refractivity (Wildman–Crippen MR) is 103 cm³/mol. The fourth-order valence-corrected chi connectivity index (χ4v) is 3.29. The second kappa shape index (κ2) is 7.75. The molecule has 1 aromatic carbocycles. The van der Waals surface area contributed by atoms with Crippen molar-refractivity contribution in [2.45, 2.75) is 56.9 Å². The highest BCUT2D eigenvalue weighted by atomic mass is 32.2. The van der Waals surface area contributed by atoms with E-state index in [0.29, 0.717) is 5.75 Å². The number of nitrogens with one attached hydrogen (secondary N) is 1. The summed E-state index contributed by atoms with van der Waals surface area (Å²) in [5.41, 5.74) is -0.0471. The van der Waals surface area contributed by atoms with E-state index in [1.807, 2.05) is 19.6 Å². The smallest absolute Gasteiger partial charge is 0.423 e. The van der Waals surface area contributed by atoms with Crippen LogP contribution < -0.4 is 9.46 Å². The number of rotatable bonds is 4. The predicted octanol–water partition coefficient (Wildman–Crippen LogP) is 4.39. The van der Waals surface area contributed by atoms with Gasteiger partial charge in [-0.25, -0.2) is 8.93 Å². The van der Waals surface area contributed by atoms with Crippen molar-refractivity contribution in [3.8, 4) is 17.2 Å². The van der Waals surface area contributed by atoms with Crippen molar-refractivity contribution in [1.82, 2.24) is 4.72 Å². The van der Waals surface area contributed by atoms with Crippen LogP contribution in [0.3, 0.4) is 0 Å². The summed E-state index contributed by atoms with van der Waals surface area (Å²) in [6.45, 7) is 10.4. The Kier molecular flexibility index (Phi) is 6.77. The number of benzene rings is 1. The first-order chi connectivity index (χ1) is 11.6. The molecule has 1 N–H and O–H groups in total. The van der Waals surface area contributed by atoms with E-state index >= 15 is 0 Å². The minimum atomic E-state index is -4.77. The maximum Gasteiger partial charge on any atom is 0.423 e. The molecule has 0 aromatic heterocycles. The lowest BCUT2D eigenvalue weighted by Gasteiger charge is -2.34. The summed E-state index contributed by atoms with van der Waals surface area (Å²) in [7, 11) is -2.66. The minimum Gasteiger partial charge on any atom is -0.497 e. The molecule has 0 aliphatic rings. The van der Waals surface area contributed by atoms with E-state index in [2.05, 4.69) is 16.2 Å². The van der Waals surface area contributed by atoms with E-state index in [4.69, 9.17) is 4.74 Å².